The number of carboxylic acids is 1. The van der Waals surface area contributed by atoms with Gasteiger partial charge in [0.25, 0.3) is 5.91 Å². The van der Waals surface area contributed by atoms with E-state index >= 15 is 0 Å². The molecule has 0 aliphatic heterocycles. The predicted molar refractivity (Wildman–Crippen MR) is 99.2 cm³/mol. The quantitative estimate of drug-likeness (QED) is 0.554. The Morgan fingerprint density at radius 3 is 2.59 bits per heavy atom. The molecule has 2 aromatic heterocycles. The number of carboxylic acid groups (broad SMARTS) is 1. The molecule has 0 unspecified atom stereocenters. The molecule has 0 saturated heterocycles. The Balaban J connectivity index is 1.87. The van der Waals surface area contributed by atoms with Gasteiger partial charge in [-0.25, -0.2) is 14.8 Å². The van der Waals surface area contributed by atoms with Crippen molar-refractivity contribution in [3.05, 3.63) is 64.0 Å². The first-order chi connectivity index (χ1) is 12.9. The lowest BCUT2D eigenvalue weighted by Crippen LogP contribution is -2.25. The molecule has 0 aliphatic rings. The van der Waals surface area contributed by atoms with Gasteiger partial charge < -0.3 is 20.6 Å². The average molecular weight is 407 g/mol. The molecule has 0 radical (unpaired) electrons. The second-order valence-corrected chi connectivity index (χ2v) is 6.12. The van der Waals surface area contributed by atoms with Gasteiger partial charge >= 0.3 is 5.97 Å². The van der Waals surface area contributed by atoms with Gasteiger partial charge in [0.2, 0.25) is 0 Å². The number of fused-ring (bicyclic) bond motifs is 1. The Morgan fingerprint density at radius 1 is 1.26 bits per heavy atom. The van der Waals surface area contributed by atoms with Gasteiger partial charge in [-0.05, 0) is 18.2 Å². The van der Waals surface area contributed by atoms with E-state index in [1.807, 2.05) is 0 Å². The first kappa shape index (κ1) is 18.7. The van der Waals surface area contributed by atoms with Crippen molar-refractivity contribution >= 4 is 51.6 Å². The number of benzene rings is 1. The standard InChI is InChI=1S/C17H12Cl2N4O4/c18-8-4-9-13(19)12(27-14(9)10(5-8)17(25)26)7-23-16(24)11(6-20)15-21-2-1-3-22-15/h1-6H,7,20H2,(H,23,24)(H,25,26)/b11-6+. The van der Waals surface area contributed by atoms with E-state index < -0.39 is 11.9 Å². The first-order valence-electron chi connectivity index (χ1n) is 7.53. The van der Waals surface area contributed by atoms with E-state index in [0.717, 1.165) is 6.20 Å². The molecule has 0 saturated carbocycles. The fourth-order valence-electron chi connectivity index (χ4n) is 2.40. The van der Waals surface area contributed by atoms with Crippen LogP contribution in [-0.4, -0.2) is 27.0 Å². The number of furan rings is 1. The van der Waals surface area contributed by atoms with Crippen molar-refractivity contribution in [1.82, 2.24) is 15.3 Å². The smallest absolute Gasteiger partial charge is 0.339 e. The summed E-state index contributed by atoms with van der Waals surface area (Å²) in [6, 6.07) is 4.36. The third kappa shape index (κ3) is 3.71. The van der Waals surface area contributed by atoms with E-state index in [1.165, 1.54) is 24.5 Å². The van der Waals surface area contributed by atoms with Crippen LogP contribution in [-0.2, 0) is 11.3 Å². The molecule has 27 heavy (non-hydrogen) atoms. The summed E-state index contributed by atoms with van der Waals surface area (Å²) < 4.78 is 5.55. The molecule has 1 aromatic carbocycles. The molecule has 0 aliphatic carbocycles. The number of carbonyl (C=O) groups excluding carboxylic acids is 1. The molecule has 10 heteroatoms. The molecule has 3 aromatic rings. The van der Waals surface area contributed by atoms with Gasteiger partial charge in [-0.15, -0.1) is 0 Å². The molecule has 3 rings (SSSR count). The molecule has 0 spiro atoms. The number of aromatic carboxylic acids is 1. The number of nitrogens with two attached hydrogens (primary N) is 1. The summed E-state index contributed by atoms with van der Waals surface area (Å²) in [5, 5.41) is 12.6. The van der Waals surface area contributed by atoms with E-state index in [-0.39, 0.29) is 44.9 Å². The summed E-state index contributed by atoms with van der Waals surface area (Å²) in [6.45, 7) is -0.104. The van der Waals surface area contributed by atoms with Crippen LogP contribution in [0, 0.1) is 0 Å². The maximum absolute atomic E-state index is 12.4. The number of halogens is 2. The van der Waals surface area contributed by atoms with Crippen molar-refractivity contribution in [1.29, 1.82) is 0 Å². The Kier molecular flexibility index (Phi) is 5.29. The largest absolute Gasteiger partial charge is 0.478 e. The second-order valence-electron chi connectivity index (χ2n) is 5.31. The highest BCUT2D eigenvalue weighted by Gasteiger charge is 2.21. The minimum Gasteiger partial charge on any atom is -0.478 e. The van der Waals surface area contributed by atoms with E-state index in [0.29, 0.717) is 5.39 Å². The van der Waals surface area contributed by atoms with Crippen LogP contribution in [0.3, 0.4) is 0 Å². The van der Waals surface area contributed by atoms with Crippen LogP contribution >= 0.6 is 23.2 Å². The van der Waals surface area contributed by atoms with Gasteiger partial charge in [0.1, 0.15) is 11.3 Å². The molecule has 0 bridgehead atoms. The lowest BCUT2D eigenvalue weighted by atomic mass is 10.1. The van der Waals surface area contributed by atoms with E-state index in [4.69, 9.17) is 33.4 Å². The number of amides is 1. The number of carbonyl (C=O) groups is 2. The second kappa shape index (κ2) is 7.65. The molecular formula is C17H12Cl2N4O4. The molecular weight excluding hydrogens is 395 g/mol. The van der Waals surface area contributed by atoms with E-state index in [1.54, 1.807) is 6.07 Å². The fraction of sp³-hybridized carbons (Fsp3) is 0.0588. The maximum Gasteiger partial charge on any atom is 0.339 e. The number of aromatic nitrogens is 2. The van der Waals surface area contributed by atoms with Gasteiger partial charge in [0.15, 0.2) is 11.4 Å². The number of rotatable bonds is 5. The highest BCUT2D eigenvalue weighted by Crippen LogP contribution is 2.35. The van der Waals surface area contributed by atoms with Crippen LogP contribution in [0.4, 0.5) is 0 Å². The fourth-order valence-corrected chi connectivity index (χ4v) is 2.87. The summed E-state index contributed by atoms with van der Waals surface area (Å²) >= 11 is 12.2. The van der Waals surface area contributed by atoms with Gasteiger partial charge in [-0.1, -0.05) is 23.2 Å². The van der Waals surface area contributed by atoms with Gasteiger partial charge in [-0.2, -0.15) is 0 Å². The van der Waals surface area contributed by atoms with Crippen LogP contribution in [0.1, 0.15) is 21.9 Å². The zero-order valence-electron chi connectivity index (χ0n) is 13.6. The molecule has 8 nitrogen and oxygen atoms in total. The highest BCUT2D eigenvalue weighted by molar-refractivity contribution is 6.38. The normalized spacial score (nSPS) is 11.6. The Morgan fingerprint density at radius 2 is 1.96 bits per heavy atom. The Hall–Kier alpha value is -3.10. The number of hydrogen-bond donors (Lipinski definition) is 3. The number of nitrogens with zero attached hydrogens (tertiary/aromatic N) is 2. The van der Waals surface area contributed by atoms with Crippen LogP contribution in [0.5, 0.6) is 0 Å². The van der Waals surface area contributed by atoms with Crippen LogP contribution in [0.25, 0.3) is 16.5 Å². The summed E-state index contributed by atoms with van der Waals surface area (Å²) in [5.74, 6) is -1.42. The maximum atomic E-state index is 12.4. The highest BCUT2D eigenvalue weighted by atomic mass is 35.5. The van der Waals surface area contributed by atoms with Crippen LogP contribution in [0.2, 0.25) is 10.0 Å². The van der Waals surface area contributed by atoms with Crippen molar-refractivity contribution in [3.8, 4) is 0 Å². The van der Waals surface area contributed by atoms with Crippen molar-refractivity contribution in [2.24, 2.45) is 5.73 Å². The lowest BCUT2D eigenvalue weighted by Gasteiger charge is -2.06. The Bertz CT molecular complexity index is 1060. The first-order valence-corrected chi connectivity index (χ1v) is 8.29. The van der Waals surface area contributed by atoms with Gasteiger partial charge in [0, 0.05) is 29.0 Å². The summed E-state index contributed by atoms with van der Waals surface area (Å²) in [5.41, 5.74) is 5.51. The van der Waals surface area contributed by atoms with Gasteiger partial charge in [-0.3, -0.25) is 4.79 Å². The summed E-state index contributed by atoms with van der Waals surface area (Å²) in [7, 11) is 0. The van der Waals surface area contributed by atoms with Crippen molar-refractivity contribution in [2.75, 3.05) is 0 Å². The topological polar surface area (TPSA) is 131 Å². The average Bonchev–Trinajstić information content (AvgIpc) is 2.96. The SMILES string of the molecule is N/C=C(/C(=O)NCc1oc2c(C(=O)O)cc(Cl)cc2c1Cl)c1ncccn1. The summed E-state index contributed by atoms with van der Waals surface area (Å²) in [4.78, 5) is 31.7. The predicted octanol–water partition coefficient (Wildman–Crippen LogP) is 2.84. The van der Waals surface area contributed by atoms with Crippen molar-refractivity contribution in [2.45, 2.75) is 6.54 Å². The monoisotopic (exact) mass is 406 g/mol. The zero-order chi connectivity index (χ0) is 19.6. The van der Waals surface area contributed by atoms with Crippen LogP contribution < -0.4 is 11.1 Å². The van der Waals surface area contributed by atoms with Crippen molar-refractivity contribution in [3.63, 3.8) is 0 Å². The molecule has 138 valence electrons. The third-order valence-electron chi connectivity index (χ3n) is 3.62. The molecule has 2 heterocycles. The van der Waals surface area contributed by atoms with Gasteiger partial charge in [0.05, 0.1) is 17.1 Å². The molecule has 4 N–H and O–H groups in total. The van der Waals surface area contributed by atoms with Crippen molar-refractivity contribution < 1.29 is 19.1 Å². The third-order valence-corrected chi connectivity index (χ3v) is 4.25. The van der Waals surface area contributed by atoms with Crippen LogP contribution in [0.15, 0.2) is 41.2 Å². The Labute approximate surface area is 162 Å². The minimum atomic E-state index is -1.21. The molecule has 1 amide bonds. The molecule has 0 fully saturated rings. The summed E-state index contributed by atoms with van der Waals surface area (Å²) in [6.07, 6.45) is 4.05. The van der Waals surface area contributed by atoms with E-state index in [2.05, 4.69) is 15.3 Å². The molecule has 0 atom stereocenters. The zero-order valence-corrected chi connectivity index (χ0v) is 15.1. The number of hydrogen-bond acceptors (Lipinski definition) is 6. The van der Waals surface area contributed by atoms with E-state index in [9.17, 15) is 14.7 Å². The lowest BCUT2D eigenvalue weighted by molar-refractivity contribution is -0.115. The number of nitrogens with one attached hydrogen (secondary N) is 1. The minimum absolute atomic E-state index is 0.0668.